The standard InChI is InChI=1S/C22H30ClF/c23-16-15-19-5-11-21(12-6-19)20-9-3-17(4-10-20)1-2-18-7-13-22(24)14-8-18/h7-8,13-17,19-21H,1-6,9-12H2/b16-15+/t17-,19-,20-,21-. The van der Waals surface area contributed by atoms with E-state index in [4.69, 9.17) is 11.6 Å². The summed E-state index contributed by atoms with van der Waals surface area (Å²) in [5.41, 5.74) is 2.99. The van der Waals surface area contributed by atoms with Gasteiger partial charge in [0.2, 0.25) is 0 Å². The van der Waals surface area contributed by atoms with Gasteiger partial charge in [0.1, 0.15) is 5.82 Å². The molecule has 0 bridgehead atoms. The Morgan fingerprint density at radius 3 is 2.04 bits per heavy atom. The number of aryl methyl sites for hydroxylation is 1. The fraction of sp³-hybridized carbons (Fsp3) is 0.636. The van der Waals surface area contributed by atoms with E-state index in [1.165, 1.54) is 63.4 Å². The molecule has 0 unspecified atom stereocenters. The van der Waals surface area contributed by atoms with E-state index in [-0.39, 0.29) is 5.82 Å². The molecule has 2 aliphatic rings. The van der Waals surface area contributed by atoms with Gasteiger partial charge >= 0.3 is 0 Å². The van der Waals surface area contributed by atoms with Crippen molar-refractivity contribution in [1.29, 1.82) is 0 Å². The molecule has 0 heterocycles. The van der Waals surface area contributed by atoms with Crippen LogP contribution in [0.15, 0.2) is 35.9 Å². The molecule has 2 heteroatoms. The molecule has 0 saturated heterocycles. The summed E-state index contributed by atoms with van der Waals surface area (Å²) >= 11 is 5.72. The van der Waals surface area contributed by atoms with Crippen molar-refractivity contribution < 1.29 is 4.39 Å². The van der Waals surface area contributed by atoms with Crippen LogP contribution in [0.2, 0.25) is 0 Å². The van der Waals surface area contributed by atoms with Gasteiger partial charge in [-0.25, -0.2) is 4.39 Å². The first kappa shape index (κ1) is 18.0. The molecule has 3 rings (SSSR count). The smallest absolute Gasteiger partial charge is 0.123 e. The molecular weight excluding hydrogens is 319 g/mol. The van der Waals surface area contributed by atoms with Gasteiger partial charge in [0.05, 0.1) is 0 Å². The van der Waals surface area contributed by atoms with Gasteiger partial charge in [-0.05, 0) is 92.7 Å². The molecule has 0 radical (unpaired) electrons. The van der Waals surface area contributed by atoms with E-state index in [1.807, 2.05) is 12.1 Å². The number of rotatable bonds is 5. The van der Waals surface area contributed by atoms with Crippen molar-refractivity contribution in [2.45, 2.75) is 64.2 Å². The van der Waals surface area contributed by atoms with Gasteiger partial charge in [0.25, 0.3) is 0 Å². The fourth-order valence-corrected chi connectivity index (χ4v) is 5.09. The summed E-state index contributed by atoms with van der Waals surface area (Å²) < 4.78 is 13.0. The minimum atomic E-state index is -0.129. The third kappa shape index (κ3) is 5.09. The van der Waals surface area contributed by atoms with Crippen molar-refractivity contribution in [3.05, 3.63) is 47.3 Å². The Morgan fingerprint density at radius 2 is 1.46 bits per heavy atom. The summed E-state index contributed by atoms with van der Waals surface area (Å²) in [6.07, 6.45) is 15.7. The van der Waals surface area contributed by atoms with Crippen molar-refractivity contribution in [2.24, 2.45) is 23.7 Å². The summed E-state index contributed by atoms with van der Waals surface area (Å²) in [6.45, 7) is 0. The Hall–Kier alpha value is -0.820. The Labute approximate surface area is 151 Å². The molecule has 0 atom stereocenters. The lowest BCUT2D eigenvalue weighted by molar-refractivity contribution is 0.153. The van der Waals surface area contributed by atoms with E-state index in [9.17, 15) is 4.39 Å². The highest BCUT2D eigenvalue weighted by atomic mass is 35.5. The lowest BCUT2D eigenvalue weighted by Gasteiger charge is -2.37. The molecule has 1 aromatic carbocycles. The van der Waals surface area contributed by atoms with Crippen LogP contribution in [0.25, 0.3) is 0 Å². The van der Waals surface area contributed by atoms with Crippen molar-refractivity contribution in [2.75, 3.05) is 0 Å². The second kappa shape index (κ2) is 9.04. The second-order valence-corrected chi connectivity index (χ2v) is 8.19. The maximum atomic E-state index is 13.0. The summed E-state index contributed by atoms with van der Waals surface area (Å²) in [5, 5.41) is 0. The van der Waals surface area contributed by atoms with E-state index in [2.05, 4.69) is 6.08 Å². The van der Waals surface area contributed by atoms with Crippen molar-refractivity contribution >= 4 is 11.6 Å². The zero-order chi connectivity index (χ0) is 16.8. The number of hydrogen-bond acceptors (Lipinski definition) is 0. The number of hydrogen-bond donors (Lipinski definition) is 0. The molecule has 0 aromatic heterocycles. The monoisotopic (exact) mass is 348 g/mol. The molecule has 2 aliphatic carbocycles. The summed E-state index contributed by atoms with van der Waals surface area (Å²) in [7, 11) is 0. The molecule has 24 heavy (non-hydrogen) atoms. The van der Waals surface area contributed by atoms with Crippen LogP contribution in [0.5, 0.6) is 0 Å². The quantitative estimate of drug-likeness (QED) is 0.531. The van der Waals surface area contributed by atoms with E-state index in [0.717, 1.165) is 30.1 Å². The molecule has 0 nitrogen and oxygen atoms in total. The predicted molar refractivity (Wildman–Crippen MR) is 101 cm³/mol. The lowest BCUT2D eigenvalue weighted by atomic mass is 9.68. The van der Waals surface area contributed by atoms with Crippen LogP contribution in [-0.4, -0.2) is 0 Å². The fourth-order valence-electron chi connectivity index (χ4n) is 4.88. The van der Waals surface area contributed by atoms with Crippen LogP contribution in [0.3, 0.4) is 0 Å². The third-order valence-electron chi connectivity index (χ3n) is 6.47. The highest BCUT2D eigenvalue weighted by Gasteiger charge is 2.30. The summed E-state index contributed by atoms with van der Waals surface area (Å²) in [4.78, 5) is 0. The van der Waals surface area contributed by atoms with Crippen LogP contribution in [-0.2, 0) is 6.42 Å². The largest absolute Gasteiger partial charge is 0.207 e. The Morgan fingerprint density at radius 1 is 0.875 bits per heavy atom. The highest BCUT2D eigenvalue weighted by molar-refractivity contribution is 6.25. The maximum absolute atomic E-state index is 13.0. The van der Waals surface area contributed by atoms with E-state index >= 15 is 0 Å². The predicted octanol–water partition coefficient (Wildman–Crippen LogP) is 7.12. The lowest BCUT2D eigenvalue weighted by Crippen LogP contribution is -2.25. The minimum Gasteiger partial charge on any atom is -0.207 e. The van der Waals surface area contributed by atoms with Gasteiger partial charge < -0.3 is 0 Å². The Kier molecular flexibility index (Phi) is 6.77. The molecule has 0 aliphatic heterocycles. The number of halogens is 2. The molecule has 132 valence electrons. The first-order valence-corrected chi connectivity index (χ1v) is 10.2. The average molecular weight is 349 g/mol. The zero-order valence-corrected chi connectivity index (χ0v) is 15.4. The molecular formula is C22H30ClF. The van der Waals surface area contributed by atoms with Crippen molar-refractivity contribution in [1.82, 2.24) is 0 Å². The molecule has 0 spiro atoms. The first-order valence-electron chi connectivity index (χ1n) is 9.76. The van der Waals surface area contributed by atoms with E-state index in [0.29, 0.717) is 0 Å². The SMILES string of the molecule is Fc1ccc(CC[C@H]2CC[C@H]([C@H]3CC[C@H](/C=C/Cl)CC3)CC2)cc1. The first-order chi connectivity index (χ1) is 11.7. The van der Waals surface area contributed by atoms with Crippen LogP contribution in [0, 0.1) is 29.5 Å². The summed E-state index contributed by atoms with van der Waals surface area (Å²) in [6, 6.07) is 7.05. The van der Waals surface area contributed by atoms with Gasteiger partial charge in [0, 0.05) is 5.54 Å². The van der Waals surface area contributed by atoms with Crippen LogP contribution >= 0.6 is 11.6 Å². The minimum absolute atomic E-state index is 0.129. The molecule has 2 fully saturated rings. The molecule has 0 amide bonds. The van der Waals surface area contributed by atoms with Gasteiger partial charge in [-0.15, -0.1) is 0 Å². The number of benzene rings is 1. The van der Waals surface area contributed by atoms with E-state index < -0.39 is 0 Å². The van der Waals surface area contributed by atoms with Gasteiger partial charge in [-0.3, -0.25) is 0 Å². The third-order valence-corrected chi connectivity index (χ3v) is 6.62. The molecule has 1 aromatic rings. The highest BCUT2D eigenvalue weighted by Crippen LogP contribution is 2.42. The topological polar surface area (TPSA) is 0 Å². The summed E-state index contributed by atoms with van der Waals surface area (Å²) in [5.74, 6) is 3.40. The van der Waals surface area contributed by atoms with Gasteiger partial charge in [0.15, 0.2) is 0 Å². The van der Waals surface area contributed by atoms with Crippen molar-refractivity contribution in [3.8, 4) is 0 Å². The van der Waals surface area contributed by atoms with E-state index in [1.54, 1.807) is 17.7 Å². The van der Waals surface area contributed by atoms with Gasteiger partial charge in [-0.2, -0.15) is 0 Å². The van der Waals surface area contributed by atoms with Crippen LogP contribution in [0.4, 0.5) is 4.39 Å². The van der Waals surface area contributed by atoms with Crippen LogP contribution < -0.4 is 0 Å². The Bertz CT molecular complexity index is 505. The number of allylic oxidation sites excluding steroid dienone is 1. The normalized spacial score (nSPS) is 31.4. The molecule has 2 saturated carbocycles. The average Bonchev–Trinajstić information content (AvgIpc) is 2.63. The zero-order valence-electron chi connectivity index (χ0n) is 14.6. The maximum Gasteiger partial charge on any atom is 0.123 e. The van der Waals surface area contributed by atoms with Gasteiger partial charge in [-0.1, -0.05) is 42.7 Å². The molecule has 0 N–H and O–H groups in total. The van der Waals surface area contributed by atoms with Crippen LogP contribution in [0.1, 0.15) is 63.4 Å². The second-order valence-electron chi connectivity index (χ2n) is 7.94. The Balaban J connectivity index is 1.37. The van der Waals surface area contributed by atoms with Crippen molar-refractivity contribution in [3.63, 3.8) is 0 Å².